The Balaban J connectivity index is 0.000000336. The predicted molar refractivity (Wildman–Crippen MR) is 297 cm³/mol. The predicted octanol–water partition coefficient (Wildman–Crippen LogP) is 16.7. The standard InChI is InChI=1S/C20H24O4.C15H16O2.C12H10O2.C10H18O5.C3H7Br/c1-5-14-22-17-10-6-15(7-11-17)16-8-12-18(13-9-16)23-19(21)24-20(2,3)4;1-2-11-17-15-9-5-13(6-10-15)12-3-7-14(16)8-4-12;13-11-5-1-9(2-6-11)10-3-7-12(14)8-4-10;1-9(2,3)14-7(11)13-8(12)15-10(4,5)6;1-2-3-4/h6-13H,5,14H2,1-4H3;3-10,16H,2,11H2,1H3;1-8,13-14H;1-6H3;2-3H2,1H3. The minimum Gasteiger partial charge on any atom is -0.508 e. The third-order valence-corrected chi connectivity index (χ3v) is 9.63. The van der Waals surface area contributed by atoms with Crippen LogP contribution < -0.4 is 14.2 Å². The molecule has 0 saturated carbocycles. The fourth-order valence-electron chi connectivity index (χ4n) is 5.58. The van der Waals surface area contributed by atoms with Crippen molar-refractivity contribution in [1.82, 2.24) is 0 Å². The number of hydrogen-bond donors (Lipinski definition) is 3. The molecule has 13 nitrogen and oxygen atoms in total. The second-order valence-corrected chi connectivity index (χ2v) is 20.0. The third kappa shape index (κ3) is 28.2. The number of halogens is 1. The topological polar surface area (TPSA) is 177 Å². The largest absolute Gasteiger partial charge is 0.519 e. The van der Waals surface area contributed by atoms with Crippen molar-refractivity contribution >= 4 is 34.4 Å². The van der Waals surface area contributed by atoms with E-state index in [1.807, 2.05) is 97.1 Å². The van der Waals surface area contributed by atoms with Crippen molar-refractivity contribution in [2.75, 3.05) is 18.5 Å². The molecule has 6 rings (SSSR count). The highest BCUT2D eigenvalue weighted by Gasteiger charge is 2.24. The van der Waals surface area contributed by atoms with E-state index in [-0.39, 0.29) is 17.2 Å². The Morgan fingerprint density at radius 2 is 0.608 bits per heavy atom. The molecular formula is C60H75BrO13. The van der Waals surface area contributed by atoms with E-state index in [9.17, 15) is 19.5 Å². The molecule has 6 aromatic rings. The number of phenolic OH excluding ortho intramolecular Hbond substituents is 3. The molecule has 0 atom stereocenters. The molecule has 0 unspecified atom stereocenters. The SMILES string of the molecule is CC(C)(C)OC(=O)OC(=O)OC(C)(C)C.CCCBr.CCCOc1ccc(-c2ccc(O)cc2)cc1.CCCOc1ccc(-c2ccc(OC(=O)OC(C)(C)C)cc2)cc1.Oc1ccc(-c2ccc(O)cc2)cc1. The second kappa shape index (κ2) is 32.1. The highest BCUT2D eigenvalue weighted by molar-refractivity contribution is 9.09. The van der Waals surface area contributed by atoms with Crippen LogP contribution in [-0.2, 0) is 18.9 Å². The van der Waals surface area contributed by atoms with Crippen molar-refractivity contribution in [2.45, 2.75) is 119 Å². The highest BCUT2D eigenvalue weighted by atomic mass is 79.9. The van der Waals surface area contributed by atoms with Crippen LogP contribution in [-0.4, -0.2) is 69.1 Å². The summed E-state index contributed by atoms with van der Waals surface area (Å²) in [7, 11) is 0. The van der Waals surface area contributed by atoms with E-state index in [2.05, 4.69) is 41.4 Å². The van der Waals surface area contributed by atoms with Crippen LogP contribution in [0.4, 0.5) is 14.4 Å². The van der Waals surface area contributed by atoms with Gasteiger partial charge in [-0.1, -0.05) is 109 Å². The Hall–Kier alpha value is -7.19. The fourth-order valence-corrected chi connectivity index (χ4v) is 5.58. The molecule has 0 amide bonds. The Labute approximate surface area is 446 Å². The lowest BCUT2D eigenvalue weighted by Crippen LogP contribution is -2.29. The van der Waals surface area contributed by atoms with Crippen molar-refractivity contribution in [3.8, 4) is 67.9 Å². The zero-order valence-corrected chi connectivity index (χ0v) is 46.5. The van der Waals surface area contributed by atoms with Crippen molar-refractivity contribution in [3.05, 3.63) is 146 Å². The molecule has 74 heavy (non-hydrogen) atoms. The summed E-state index contributed by atoms with van der Waals surface area (Å²) in [5.41, 5.74) is 4.39. The smallest absolute Gasteiger partial charge is 0.508 e. The van der Waals surface area contributed by atoms with E-state index in [0.29, 0.717) is 5.75 Å². The number of hydrogen-bond acceptors (Lipinski definition) is 13. The summed E-state index contributed by atoms with van der Waals surface area (Å²) in [5.74, 6) is 3.02. The number of carbonyl (C=O) groups is 3. The van der Waals surface area contributed by atoms with E-state index in [1.165, 1.54) is 6.42 Å². The normalized spacial score (nSPS) is 10.6. The van der Waals surface area contributed by atoms with Crippen molar-refractivity contribution in [1.29, 1.82) is 0 Å². The van der Waals surface area contributed by atoms with Gasteiger partial charge in [-0.15, -0.1) is 0 Å². The first-order chi connectivity index (χ1) is 34.8. The lowest BCUT2D eigenvalue weighted by atomic mass is 10.1. The van der Waals surface area contributed by atoms with Crippen molar-refractivity contribution in [2.24, 2.45) is 0 Å². The summed E-state index contributed by atoms with van der Waals surface area (Å²) >= 11 is 3.25. The maximum Gasteiger partial charge on any atom is 0.519 e. The van der Waals surface area contributed by atoms with Gasteiger partial charge in [0.1, 0.15) is 51.3 Å². The van der Waals surface area contributed by atoms with E-state index in [0.717, 1.165) is 76.3 Å². The zero-order chi connectivity index (χ0) is 55.3. The number of aromatic hydroxyl groups is 3. The molecule has 400 valence electrons. The van der Waals surface area contributed by atoms with Crippen LogP contribution in [0.3, 0.4) is 0 Å². The number of phenols is 3. The van der Waals surface area contributed by atoms with Gasteiger partial charge in [0.15, 0.2) is 0 Å². The number of carbonyl (C=O) groups excluding carboxylic acids is 3. The second-order valence-electron chi connectivity index (χ2n) is 19.2. The third-order valence-electron chi connectivity index (χ3n) is 8.84. The van der Waals surface area contributed by atoms with Crippen molar-refractivity contribution in [3.63, 3.8) is 0 Å². The molecule has 0 aliphatic heterocycles. The van der Waals surface area contributed by atoms with Crippen LogP contribution in [0.2, 0.25) is 0 Å². The summed E-state index contributed by atoms with van der Waals surface area (Å²) < 4.78 is 35.2. The highest BCUT2D eigenvalue weighted by Crippen LogP contribution is 2.27. The summed E-state index contributed by atoms with van der Waals surface area (Å²) in [6, 6.07) is 44.3. The van der Waals surface area contributed by atoms with Gasteiger partial charge in [0.2, 0.25) is 0 Å². The van der Waals surface area contributed by atoms with Crippen LogP contribution in [0.25, 0.3) is 33.4 Å². The molecule has 0 aliphatic rings. The summed E-state index contributed by atoms with van der Waals surface area (Å²) in [4.78, 5) is 33.7. The van der Waals surface area contributed by atoms with Crippen LogP contribution in [0.15, 0.2) is 146 Å². The molecule has 0 spiro atoms. The van der Waals surface area contributed by atoms with E-state index >= 15 is 0 Å². The number of ether oxygens (including phenoxy) is 7. The van der Waals surface area contributed by atoms with Gasteiger partial charge in [0.25, 0.3) is 0 Å². The van der Waals surface area contributed by atoms with Crippen LogP contribution >= 0.6 is 15.9 Å². The van der Waals surface area contributed by atoms with E-state index < -0.39 is 35.3 Å². The molecule has 0 saturated heterocycles. The van der Waals surface area contributed by atoms with Gasteiger partial charge in [-0.25, -0.2) is 14.4 Å². The number of rotatable bonds is 11. The Morgan fingerprint density at radius 1 is 0.378 bits per heavy atom. The molecule has 0 bridgehead atoms. The number of benzene rings is 6. The minimum absolute atomic E-state index is 0.257. The fraction of sp³-hybridized carbons (Fsp3) is 0.350. The quantitative estimate of drug-likeness (QED) is 0.0368. The first-order valence-corrected chi connectivity index (χ1v) is 25.5. The molecular weight excluding hydrogens is 1010 g/mol. The summed E-state index contributed by atoms with van der Waals surface area (Å²) in [5, 5.41) is 28.6. The van der Waals surface area contributed by atoms with Crippen LogP contribution in [0.5, 0.6) is 34.5 Å². The molecule has 0 fully saturated rings. The first-order valence-electron chi connectivity index (χ1n) is 24.4. The molecule has 3 N–H and O–H groups in total. The van der Waals surface area contributed by atoms with Gasteiger partial charge in [-0.3, -0.25) is 0 Å². The van der Waals surface area contributed by atoms with Gasteiger partial charge in [0.05, 0.1) is 13.2 Å². The molecule has 0 aromatic heterocycles. The molecule has 14 heteroatoms. The minimum atomic E-state index is -1.06. The van der Waals surface area contributed by atoms with Gasteiger partial charge in [-0.05, 0) is 188 Å². The molecule has 0 heterocycles. The average Bonchev–Trinajstić information content (AvgIpc) is 3.33. The number of alkyl halides is 1. The summed E-state index contributed by atoms with van der Waals surface area (Å²) in [6.45, 7) is 23.2. The monoisotopic (exact) mass is 1080 g/mol. The molecule has 0 aliphatic carbocycles. The van der Waals surface area contributed by atoms with Gasteiger partial charge in [0, 0.05) is 5.33 Å². The van der Waals surface area contributed by atoms with Crippen LogP contribution in [0.1, 0.15) is 102 Å². The average molecular weight is 1080 g/mol. The first kappa shape index (κ1) is 62.9. The summed E-state index contributed by atoms with van der Waals surface area (Å²) in [6.07, 6.45) is 0.418. The van der Waals surface area contributed by atoms with Gasteiger partial charge >= 0.3 is 18.5 Å². The Bertz CT molecular complexity index is 2430. The lowest BCUT2D eigenvalue weighted by Gasteiger charge is -2.20. The Morgan fingerprint density at radius 3 is 0.838 bits per heavy atom. The maximum absolute atomic E-state index is 11.6. The van der Waals surface area contributed by atoms with Gasteiger partial charge < -0.3 is 48.5 Å². The molecule has 6 aromatic carbocycles. The van der Waals surface area contributed by atoms with Crippen molar-refractivity contribution < 1.29 is 62.9 Å². The maximum atomic E-state index is 11.6. The Kier molecular flexibility index (Phi) is 27.3. The van der Waals surface area contributed by atoms with E-state index in [1.54, 1.807) is 111 Å². The molecule has 0 radical (unpaired) electrons. The van der Waals surface area contributed by atoms with Crippen LogP contribution in [0, 0.1) is 0 Å². The van der Waals surface area contributed by atoms with Gasteiger partial charge in [-0.2, -0.15) is 0 Å². The lowest BCUT2D eigenvalue weighted by molar-refractivity contribution is -0.0294. The van der Waals surface area contributed by atoms with E-state index in [4.69, 9.17) is 38.6 Å². The zero-order valence-electron chi connectivity index (χ0n) is 44.9.